The largest absolute Gasteiger partial charge is 0.513 e. The van der Waals surface area contributed by atoms with Crippen molar-refractivity contribution in [3.8, 4) is 11.5 Å². The highest BCUT2D eigenvalue weighted by Gasteiger charge is 2.44. The van der Waals surface area contributed by atoms with Gasteiger partial charge in [0, 0.05) is 12.3 Å². The van der Waals surface area contributed by atoms with E-state index in [0.29, 0.717) is 24.3 Å². The molecule has 0 fully saturated rings. The van der Waals surface area contributed by atoms with Gasteiger partial charge in [-0.15, -0.1) is 0 Å². The van der Waals surface area contributed by atoms with Crippen molar-refractivity contribution >= 4 is 24.4 Å². The first-order valence-electron chi connectivity index (χ1n) is 14.7. The molecule has 0 amide bonds. The van der Waals surface area contributed by atoms with E-state index in [1.54, 1.807) is 13.8 Å². The molecule has 1 unspecified atom stereocenters. The van der Waals surface area contributed by atoms with Gasteiger partial charge in [-0.25, -0.2) is 14.4 Å². The van der Waals surface area contributed by atoms with Crippen LogP contribution in [-0.2, 0) is 30.2 Å². The fourth-order valence-electron chi connectivity index (χ4n) is 3.58. The summed E-state index contributed by atoms with van der Waals surface area (Å²) >= 11 is 0. The molecule has 1 aromatic carbocycles. The van der Waals surface area contributed by atoms with Gasteiger partial charge in [-0.1, -0.05) is 54.5 Å². The molecule has 1 rings (SSSR count). The summed E-state index contributed by atoms with van der Waals surface area (Å²) in [6.45, 7) is 16.7. The predicted molar refractivity (Wildman–Crippen MR) is 158 cm³/mol. The minimum absolute atomic E-state index is 0.0608. The van der Waals surface area contributed by atoms with Crippen molar-refractivity contribution in [2.24, 2.45) is 29.4 Å². The van der Waals surface area contributed by atoms with E-state index in [2.05, 4.69) is 0 Å². The molecule has 244 valence electrons. The molecule has 12 nitrogen and oxygen atoms in total. The zero-order valence-corrected chi connectivity index (χ0v) is 26.8. The molecule has 0 spiro atoms. The average molecular weight is 612 g/mol. The lowest BCUT2D eigenvalue weighted by Gasteiger charge is -2.35. The summed E-state index contributed by atoms with van der Waals surface area (Å²) in [5.41, 5.74) is 4.83. The summed E-state index contributed by atoms with van der Waals surface area (Å²) < 4.78 is 31.4. The van der Waals surface area contributed by atoms with Gasteiger partial charge in [0.15, 0.2) is 11.5 Å². The maximum Gasteiger partial charge on any atom is 0.513 e. The van der Waals surface area contributed by atoms with Crippen LogP contribution >= 0.6 is 0 Å². The molecular formula is C31H49NO11. The fraction of sp³-hybridized carbons (Fsp3) is 0.677. The minimum atomic E-state index is -1.92. The summed E-state index contributed by atoms with van der Waals surface area (Å²) in [5, 5.41) is 10.1. The number of carboxylic acids is 1. The molecule has 0 aliphatic heterocycles. The summed E-state index contributed by atoms with van der Waals surface area (Å²) in [4.78, 5) is 49.4. The second-order valence-electron chi connectivity index (χ2n) is 12.0. The normalized spacial score (nSPS) is 14.8. The van der Waals surface area contributed by atoms with Crippen molar-refractivity contribution in [2.75, 3.05) is 13.2 Å². The number of rotatable bonds is 16. The van der Waals surface area contributed by atoms with E-state index < -0.39 is 48.1 Å². The Bertz CT molecular complexity index is 1070. The summed E-state index contributed by atoms with van der Waals surface area (Å²) in [5.74, 6) is -1.90. The third-order valence-corrected chi connectivity index (χ3v) is 7.14. The standard InChI is InChI=1S/C31H49NO11/c1-18(2)12-14-38-28(35)42-25-11-10-24(16-26(25)43-29(36)39-15-13-19(3)4)17-31(32,27(33)34)21(7)23(9)41-30(37)40-22(8)20(5)6/h10-11,16,18-23H,12-15,17,32H2,1-9H3,(H,33,34)/t21-,22?,23+,31-/m1/s1. The van der Waals surface area contributed by atoms with Crippen molar-refractivity contribution in [3.05, 3.63) is 23.8 Å². The van der Waals surface area contributed by atoms with Crippen molar-refractivity contribution in [1.29, 1.82) is 0 Å². The molecule has 0 saturated heterocycles. The Morgan fingerprint density at radius 2 is 1.23 bits per heavy atom. The lowest BCUT2D eigenvalue weighted by atomic mass is 9.78. The molecule has 0 aliphatic carbocycles. The van der Waals surface area contributed by atoms with E-state index in [9.17, 15) is 24.3 Å². The Hall–Kier alpha value is -3.54. The highest BCUT2D eigenvalue weighted by molar-refractivity contribution is 5.80. The van der Waals surface area contributed by atoms with Gasteiger partial charge in [-0.05, 0) is 62.1 Å². The number of nitrogens with two attached hydrogens (primary N) is 1. The van der Waals surface area contributed by atoms with Crippen LogP contribution in [0.25, 0.3) is 0 Å². The van der Waals surface area contributed by atoms with Crippen LogP contribution in [0.4, 0.5) is 14.4 Å². The summed E-state index contributed by atoms with van der Waals surface area (Å²) in [6.07, 6.45) is -3.31. The number of carbonyl (C=O) groups excluding carboxylic acids is 3. The molecule has 4 atom stereocenters. The van der Waals surface area contributed by atoms with Gasteiger partial charge < -0.3 is 39.3 Å². The molecule has 0 radical (unpaired) electrons. The molecule has 0 bridgehead atoms. The molecule has 0 aliphatic rings. The number of carbonyl (C=O) groups is 4. The lowest BCUT2D eigenvalue weighted by molar-refractivity contribution is -0.147. The van der Waals surface area contributed by atoms with Crippen LogP contribution in [-0.4, -0.2) is 60.5 Å². The molecule has 12 heteroatoms. The Balaban J connectivity index is 3.21. The quantitative estimate of drug-likeness (QED) is 0.121. The Morgan fingerprint density at radius 1 is 0.744 bits per heavy atom. The molecule has 0 heterocycles. The van der Waals surface area contributed by atoms with Crippen LogP contribution in [0.5, 0.6) is 11.5 Å². The van der Waals surface area contributed by atoms with Gasteiger partial charge in [0.25, 0.3) is 0 Å². The second kappa shape index (κ2) is 17.5. The van der Waals surface area contributed by atoms with E-state index in [1.165, 1.54) is 25.1 Å². The van der Waals surface area contributed by atoms with Crippen molar-refractivity contribution < 1.29 is 52.7 Å². The second-order valence-corrected chi connectivity index (χ2v) is 12.0. The van der Waals surface area contributed by atoms with Crippen LogP contribution in [0.3, 0.4) is 0 Å². The third kappa shape index (κ3) is 13.1. The molecule has 1 aromatic rings. The Labute approximate surface area is 254 Å². The number of hydrogen-bond acceptors (Lipinski definition) is 11. The first-order chi connectivity index (χ1) is 20.0. The number of hydrogen-bond donors (Lipinski definition) is 2. The van der Waals surface area contributed by atoms with Gasteiger partial charge in [0.1, 0.15) is 17.7 Å². The third-order valence-electron chi connectivity index (χ3n) is 7.14. The number of benzene rings is 1. The highest BCUT2D eigenvalue weighted by Crippen LogP contribution is 2.33. The van der Waals surface area contributed by atoms with Crippen LogP contribution < -0.4 is 15.2 Å². The molecule has 3 N–H and O–H groups in total. The Kier molecular flexibility index (Phi) is 15.3. The summed E-state index contributed by atoms with van der Waals surface area (Å²) in [7, 11) is 0. The predicted octanol–water partition coefficient (Wildman–Crippen LogP) is 6.36. The van der Waals surface area contributed by atoms with Gasteiger partial charge in [0.2, 0.25) is 0 Å². The maximum absolute atomic E-state index is 12.4. The maximum atomic E-state index is 12.4. The smallest absolute Gasteiger partial charge is 0.480 e. The number of ether oxygens (including phenoxy) is 6. The van der Waals surface area contributed by atoms with Crippen molar-refractivity contribution in [2.45, 2.75) is 99.3 Å². The molecular weight excluding hydrogens is 562 g/mol. The van der Waals surface area contributed by atoms with Crippen LogP contribution in [0.1, 0.15) is 80.7 Å². The molecule has 0 aromatic heterocycles. The van der Waals surface area contributed by atoms with E-state index in [4.69, 9.17) is 34.2 Å². The Morgan fingerprint density at radius 3 is 1.70 bits per heavy atom. The average Bonchev–Trinajstić information content (AvgIpc) is 2.88. The SMILES string of the molecule is CC(C)CCOC(=O)Oc1ccc(C[C@](N)(C(=O)O)[C@H](C)[C@H](C)OC(=O)OC(C)C(C)C)cc1OC(=O)OCCC(C)C. The van der Waals surface area contributed by atoms with E-state index in [-0.39, 0.29) is 43.0 Å². The first kappa shape index (κ1) is 37.5. The van der Waals surface area contributed by atoms with Crippen molar-refractivity contribution in [3.63, 3.8) is 0 Å². The van der Waals surface area contributed by atoms with Gasteiger partial charge >= 0.3 is 24.4 Å². The van der Waals surface area contributed by atoms with Crippen molar-refractivity contribution in [1.82, 2.24) is 0 Å². The molecule has 43 heavy (non-hydrogen) atoms. The van der Waals surface area contributed by atoms with Crippen LogP contribution in [0.2, 0.25) is 0 Å². The lowest BCUT2D eigenvalue weighted by Crippen LogP contribution is -2.58. The zero-order valence-electron chi connectivity index (χ0n) is 26.8. The van der Waals surface area contributed by atoms with Gasteiger partial charge in [0.05, 0.1) is 13.2 Å². The summed E-state index contributed by atoms with van der Waals surface area (Å²) in [6, 6.07) is 4.16. The monoisotopic (exact) mass is 611 g/mol. The minimum Gasteiger partial charge on any atom is -0.480 e. The van der Waals surface area contributed by atoms with Crippen LogP contribution in [0.15, 0.2) is 18.2 Å². The topological polar surface area (TPSA) is 170 Å². The fourth-order valence-corrected chi connectivity index (χ4v) is 3.58. The van der Waals surface area contributed by atoms with E-state index >= 15 is 0 Å². The van der Waals surface area contributed by atoms with Crippen LogP contribution in [0, 0.1) is 23.7 Å². The number of aliphatic carboxylic acids is 1. The molecule has 0 saturated carbocycles. The van der Waals surface area contributed by atoms with Gasteiger partial charge in [-0.2, -0.15) is 0 Å². The van der Waals surface area contributed by atoms with Gasteiger partial charge in [-0.3, -0.25) is 4.79 Å². The highest BCUT2D eigenvalue weighted by atomic mass is 16.7. The van der Waals surface area contributed by atoms with E-state index in [1.807, 2.05) is 41.5 Å². The van der Waals surface area contributed by atoms with E-state index in [0.717, 1.165) is 0 Å². The first-order valence-corrected chi connectivity index (χ1v) is 14.7. The number of carboxylic acid groups (broad SMARTS) is 1. The zero-order chi connectivity index (χ0) is 32.9.